The molecule has 5 nitrogen and oxygen atoms in total. The Balaban J connectivity index is 1.85. The molecule has 3 aromatic rings. The molecule has 1 atom stereocenters. The molecule has 0 aromatic heterocycles. The van der Waals surface area contributed by atoms with E-state index in [0.717, 1.165) is 12.1 Å². The average Bonchev–Trinajstić information content (AvgIpc) is 2.67. The van der Waals surface area contributed by atoms with Crippen LogP contribution in [0.3, 0.4) is 0 Å². The third-order valence-corrected chi connectivity index (χ3v) is 4.29. The first-order valence-corrected chi connectivity index (χ1v) is 8.63. The van der Waals surface area contributed by atoms with Gasteiger partial charge in [-0.2, -0.15) is 13.2 Å². The zero-order valence-electron chi connectivity index (χ0n) is 15.3. The zero-order valence-corrected chi connectivity index (χ0v) is 15.3. The number of rotatable bonds is 5. The normalized spacial score (nSPS) is 12.4. The van der Waals surface area contributed by atoms with Crippen molar-refractivity contribution in [1.29, 1.82) is 0 Å². The van der Waals surface area contributed by atoms with E-state index >= 15 is 0 Å². The average molecular weight is 402 g/mol. The molecule has 8 heteroatoms. The zero-order chi connectivity index (χ0) is 21.2. The lowest BCUT2D eigenvalue weighted by Crippen LogP contribution is -2.42. The van der Waals surface area contributed by atoms with Gasteiger partial charge in [0.05, 0.1) is 5.56 Å². The van der Waals surface area contributed by atoms with Crippen LogP contribution in [0.15, 0.2) is 60.7 Å². The molecule has 0 saturated carbocycles. The van der Waals surface area contributed by atoms with E-state index in [9.17, 15) is 22.8 Å². The number of nitrogens with one attached hydrogen (secondary N) is 1. The number of nitrogens with two attached hydrogens (primary N) is 1. The summed E-state index contributed by atoms with van der Waals surface area (Å²) < 4.78 is 43.8. The van der Waals surface area contributed by atoms with Crippen molar-refractivity contribution in [2.45, 2.75) is 19.1 Å². The quantitative estimate of drug-likeness (QED) is 0.669. The minimum absolute atomic E-state index is 0.252. The standard InChI is InChI=1S/C21H17F3N2O3/c1-12(19(25)27)26-20(28)14-5-10-17-13(11-14)3-2-4-18(17)29-16-8-6-15(7-9-16)21(22,23)24/h2-12H,1H3,(H2,25,27)(H,26,28)/t12-/m1/s1. The molecule has 0 aliphatic carbocycles. The van der Waals surface area contributed by atoms with Crippen LogP contribution in [0.5, 0.6) is 11.5 Å². The number of carbonyl (C=O) groups excluding carboxylic acids is 2. The fourth-order valence-corrected chi connectivity index (χ4v) is 2.67. The Hall–Kier alpha value is -3.55. The number of carbonyl (C=O) groups is 2. The number of amides is 2. The Kier molecular flexibility index (Phi) is 5.45. The molecule has 29 heavy (non-hydrogen) atoms. The van der Waals surface area contributed by atoms with Gasteiger partial charge in [0, 0.05) is 10.9 Å². The lowest BCUT2D eigenvalue weighted by molar-refractivity contribution is -0.137. The Morgan fingerprint density at radius 3 is 2.34 bits per heavy atom. The van der Waals surface area contributed by atoms with Crippen LogP contribution in [0.1, 0.15) is 22.8 Å². The predicted octanol–water partition coefficient (Wildman–Crippen LogP) is 4.25. The lowest BCUT2D eigenvalue weighted by Gasteiger charge is -2.13. The first-order chi connectivity index (χ1) is 13.6. The number of primary amides is 1. The molecular formula is C21H17F3N2O3. The van der Waals surface area contributed by atoms with Gasteiger partial charge >= 0.3 is 6.18 Å². The monoisotopic (exact) mass is 402 g/mol. The van der Waals surface area contributed by atoms with E-state index in [4.69, 9.17) is 10.5 Å². The summed E-state index contributed by atoms with van der Waals surface area (Å²) in [6, 6.07) is 13.6. The van der Waals surface area contributed by atoms with Gasteiger partial charge in [-0.25, -0.2) is 0 Å². The SMILES string of the molecule is C[C@@H](NC(=O)c1ccc2c(Oc3ccc(C(F)(F)F)cc3)cccc2c1)C(N)=O. The van der Waals surface area contributed by atoms with Crippen molar-refractivity contribution in [2.75, 3.05) is 0 Å². The van der Waals surface area contributed by atoms with Crippen LogP contribution in [-0.4, -0.2) is 17.9 Å². The summed E-state index contributed by atoms with van der Waals surface area (Å²) in [5.41, 5.74) is 4.72. The van der Waals surface area contributed by atoms with E-state index in [1.165, 1.54) is 19.1 Å². The molecular weight excluding hydrogens is 385 g/mol. The first kappa shape index (κ1) is 20.2. The highest BCUT2D eigenvalue weighted by Crippen LogP contribution is 2.33. The molecule has 0 radical (unpaired) electrons. The second-order valence-electron chi connectivity index (χ2n) is 6.41. The molecule has 0 saturated heterocycles. The molecule has 150 valence electrons. The molecule has 0 aliphatic rings. The number of ether oxygens (including phenoxy) is 1. The maximum Gasteiger partial charge on any atom is 0.416 e. The van der Waals surface area contributed by atoms with Crippen molar-refractivity contribution in [2.24, 2.45) is 5.73 Å². The summed E-state index contributed by atoms with van der Waals surface area (Å²) in [5, 5.41) is 3.86. The minimum Gasteiger partial charge on any atom is -0.457 e. The van der Waals surface area contributed by atoms with Crippen LogP contribution < -0.4 is 15.8 Å². The van der Waals surface area contributed by atoms with Crippen LogP contribution in [0.25, 0.3) is 10.8 Å². The van der Waals surface area contributed by atoms with Gasteiger partial charge in [0.15, 0.2) is 0 Å². The second kappa shape index (κ2) is 7.83. The molecule has 0 aliphatic heterocycles. The second-order valence-corrected chi connectivity index (χ2v) is 6.41. The van der Waals surface area contributed by atoms with Gasteiger partial charge in [-0.15, -0.1) is 0 Å². The van der Waals surface area contributed by atoms with Crippen LogP contribution in [-0.2, 0) is 11.0 Å². The maximum atomic E-state index is 12.7. The number of hydrogen-bond acceptors (Lipinski definition) is 3. The van der Waals surface area contributed by atoms with Crippen LogP contribution in [0.4, 0.5) is 13.2 Å². The summed E-state index contributed by atoms with van der Waals surface area (Å²) in [7, 11) is 0. The van der Waals surface area contributed by atoms with Gasteiger partial charge in [0.2, 0.25) is 5.91 Å². The number of benzene rings is 3. The summed E-state index contributed by atoms with van der Waals surface area (Å²) >= 11 is 0. The first-order valence-electron chi connectivity index (χ1n) is 8.63. The van der Waals surface area contributed by atoms with E-state index in [-0.39, 0.29) is 5.75 Å². The molecule has 0 fully saturated rings. The molecule has 3 aromatic carbocycles. The molecule has 2 amide bonds. The van der Waals surface area contributed by atoms with Crippen LogP contribution >= 0.6 is 0 Å². The fourth-order valence-electron chi connectivity index (χ4n) is 2.67. The summed E-state index contributed by atoms with van der Waals surface area (Å²) in [4.78, 5) is 23.4. The summed E-state index contributed by atoms with van der Waals surface area (Å²) in [6.07, 6.45) is -4.42. The van der Waals surface area contributed by atoms with Crippen molar-refractivity contribution in [3.8, 4) is 11.5 Å². The van der Waals surface area contributed by atoms with Crippen molar-refractivity contribution < 1.29 is 27.5 Å². The highest BCUT2D eigenvalue weighted by Gasteiger charge is 2.30. The fraction of sp³-hybridized carbons (Fsp3) is 0.143. The van der Waals surface area contributed by atoms with E-state index in [2.05, 4.69) is 5.32 Å². The van der Waals surface area contributed by atoms with E-state index in [1.807, 2.05) is 0 Å². The third-order valence-electron chi connectivity index (χ3n) is 4.29. The molecule has 0 bridgehead atoms. The van der Waals surface area contributed by atoms with E-state index in [1.54, 1.807) is 36.4 Å². The predicted molar refractivity (Wildman–Crippen MR) is 102 cm³/mol. The molecule has 0 heterocycles. The Morgan fingerprint density at radius 2 is 1.72 bits per heavy atom. The number of hydrogen-bond donors (Lipinski definition) is 2. The number of fused-ring (bicyclic) bond motifs is 1. The molecule has 3 rings (SSSR count). The minimum atomic E-state index is -4.42. The highest BCUT2D eigenvalue weighted by atomic mass is 19.4. The molecule has 0 spiro atoms. The van der Waals surface area contributed by atoms with Gasteiger partial charge in [-0.1, -0.05) is 12.1 Å². The smallest absolute Gasteiger partial charge is 0.416 e. The summed E-state index contributed by atoms with van der Waals surface area (Å²) in [5.74, 6) is -0.416. The Labute approximate surface area is 164 Å². The van der Waals surface area contributed by atoms with E-state index in [0.29, 0.717) is 22.1 Å². The van der Waals surface area contributed by atoms with Gasteiger partial charge < -0.3 is 15.8 Å². The lowest BCUT2D eigenvalue weighted by atomic mass is 10.1. The van der Waals surface area contributed by atoms with Crippen molar-refractivity contribution in [3.05, 3.63) is 71.8 Å². The van der Waals surface area contributed by atoms with Gasteiger partial charge in [0.1, 0.15) is 17.5 Å². The van der Waals surface area contributed by atoms with Crippen molar-refractivity contribution in [1.82, 2.24) is 5.32 Å². The topological polar surface area (TPSA) is 81.4 Å². The van der Waals surface area contributed by atoms with Crippen LogP contribution in [0, 0.1) is 0 Å². The maximum absolute atomic E-state index is 12.7. The van der Waals surface area contributed by atoms with Gasteiger partial charge in [0.25, 0.3) is 5.91 Å². The molecule has 0 unspecified atom stereocenters. The number of halogens is 3. The third kappa shape index (κ3) is 4.66. The number of alkyl halides is 3. The van der Waals surface area contributed by atoms with Gasteiger partial charge in [-0.05, 0) is 60.8 Å². The molecule has 3 N–H and O–H groups in total. The van der Waals surface area contributed by atoms with E-state index < -0.39 is 29.6 Å². The van der Waals surface area contributed by atoms with Crippen molar-refractivity contribution >= 4 is 22.6 Å². The Bertz CT molecular complexity index is 1060. The van der Waals surface area contributed by atoms with Crippen molar-refractivity contribution in [3.63, 3.8) is 0 Å². The van der Waals surface area contributed by atoms with Crippen LogP contribution in [0.2, 0.25) is 0 Å². The Morgan fingerprint density at radius 1 is 1.03 bits per heavy atom. The van der Waals surface area contributed by atoms with Gasteiger partial charge in [-0.3, -0.25) is 9.59 Å². The highest BCUT2D eigenvalue weighted by molar-refractivity contribution is 6.01. The summed E-state index contributed by atoms with van der Waals surface area (Å²) in [6.45, 7) is 1.48. The largest absolute Gasteiger partial charge is 0.457 e.